The van der Waals surface area contributed by atoms with E-state index in [2.05, 4.69) is 11.1 Å². The summed E-state index contributed by atoms with van der Waals surface area (Å²) < 4.78 is 18.6. The molecule has 0 amide bonds. The molecular formula is C22H17FN2O. The normalized spacial score (nSPS) is 10.7. The highest BCUT2D eigenvalue weighted by Crippen LogP contribution is 2.18. The van der Waals surface area contributed by atoms with E-state index in [4.69, 9.17) is 10.00 Å². The summed E-state index contributed by atoms with van der Waals surface area (Å²) in [6.45, 7) is 2.28. The van der Waals surface area contributed by atoms with E-state index in [0.717, 1.165) is 28.1 Å². The topological polar surface area (TPSA) is 45.4 Å². The molecule has 0 saturated carbocycles. The molecule has 0 spiro atoms. The van der Waals surface area contributed by atoms with E-state index < -0.39 is 0 Å². The zero-order valence-electron chi connectivity index (χ0n) is 14.3. The van der Waals surface area contributed by atoms with Crippen LogP contribution in [0.25, 0.3) is 0 Å². The summed E-state index contributed by atoms with van der Waals surface area (Å²) in [6, 6.07) is 21.5. The number of ether oxygens (including phenoxy) is 1. The fourth-order valence-electron chi connectivity index (χ4n) is 2.36. The van der Waals surface area contributed by atoms with Gasteiger partial charge in [0.05, 0.1) is 17.3 Å². The monoisotopic (exact) mass is 344 g/mol. The van der Waals surface area contributed by atoms with E-state index in [1.807, 2.05) is 43.3 Å². The Morgan fingerprint density at radius 2 is 1.77 bits per heavy atom. The Morgan fingerprint density at radius 3 is 2.46 bits per heavy atom. The van der Waals surface area contributed by atoms with Crippen molar-refractivity contribution in [1.29, 1.82) is 5.26 Å². The average molecular weight is 344 g/mol. The lowest BCUT2D eigenvalue weighted by Crippen LogP contribution is -1.95. The molecule has 0 aliphatic rings. The maximum Gasteiger partial charge on any atom is 0.123 e. The molecule has 3 aromatic rings. The lowest BCUT2D eigenvalue weighted by molar-refractivity contribution is 0.306. The summed E-state index contributed by atoms with van der Waals surface area (Å²) in [5, 5.41) is 9.07. The highest BCUT2D eigenvalue weighted by Gasteiger charge is 1.99. The predicted octanol–water partition coefficient (Wildman–Crippen LogP) is 5.34. The summed E-state index contributed by atoms with van der Waals surface area (Å²) in [5.41, 5.74) is 4.14. The Labute approximate surface area is 152 Å². The molecule has 0 heterocycles. The number of benzene rings is 3. The molecule has 0 aromatic heterocycles. The van der Waals surface area contributed by atoms with Gasteiger partial charge in [0.1, 0.15) is 18.2 Å². The van der Waals surface area contributed by atoms with Gasteiger partial charge in [0.15, 0.2) is 0 Å². The fourth-order valence-corrected chi connectivity index (χ4v) is 2.36. The van der Waals surface area contributed by atoms with E-state index in [-0.39, 0.29) is 5.82 Å². The zero-order valence-corrected chi connectivity index (χ0v) is 14.3. The van der Waals surface area contributed by atoms with Crippen LogP contribution in [0.15, 0.2) is 71.7 Å². The molecule has 0 atom stereocenters. The van der Waals surface area contributed by atoms with Crippen molar-refractivity contribution in [1.82, 2.24) is 0 Å². The quantitative estimate of drug-likeness (QED) is 0.587. The standard InChI is InChI=1S/C22H17FN2O/c1-16-2-9-21(12-19(16)13-24)25-14-17-5-10-22(11-6-17)26-15-18-3-7-20(23)8-4-18/h2-12,14H,15H2,1H3/b25-14+. The van der Waals surface area contributed by atoms with Gasteiger partial charge in [0.2, 0.25) is 0 Å². The maximum atomic E-state index is 12.9. The van der Waals surface area contributed by atoms with Gasteiger partial charge in [-0.1, -0.05) is 18.2 Å². The van der Waals surface area contributed by atoms with E-state index in [9.17, 15) is 4.39 Å². The lowest BCUT2D eigenvalue weighted by atomic mass is 10.1. The second-order valence-corrected chi connectivity index (χ2v) is 5.85. The van der Waals surface area contributed by atoms with Crippen molar-refractivity contribution in [2.45, 2.75) is 13.5 Å². The van der Waals surface area contributed by atoms with Crippen LogP contribution in [0.2, 0.25) is 0 Å². The molecule has 0 bridgehead atoms. The summed E-state index contributed by atoms with van der Waals surface area (Å²) in [4.78, 5) is 4.41. The Balaban J connectivity index is 1.62. The third-order valence-electron chi connectivity index (χ3n) is 3.90. The predicted molar refractivity (Wildman–Crippen MR) is 100 cm³/mol. The molecule has 0 N–H and O–H groups in total. The summed E-state index contributed by atoms with van der Waals surface area (Å²) in [5.74, 6) is 0.474. The minimum Gasteiger partial charge on any atom is -0.489 e. The Bertz CT molecular complexity index is 955. The number of nitriles is 1. The molecule has 3 rings (SSSR count). The van der Waals surface area contributed by atoms with Gasteiger partial charge >= 0.3 is 0 Å². The van der Waals surface area contributed by atoms with Crippen molar-refractivity contribution in [3.8, 4) is 11.8 Å². The Morgan fingerprint density at radius 1 is 1.04 bits per heavy atom. The average Bonchev–Trinajstić information content (AvgIpc) is 2.68. The van der Waals surface area contributed by atoms with E-state index >= 15 is 0 Å². The Kier molecular flexibility index (Phi) is 5.40. The largest absolute Gasteiger partial charge is 0.489 e. The van der Waals surface area contributed by atoms with Crippen LogP contribution in [0.1, 0.15) is 22.3 Å². The van der Waals surface area contributed by atoms with Gasteiger partial charge in [-0.2, -0.15) is 5.26 Å². The number of aryl methyl sites for hydroxylation is 1. The first-order valence-corrected chi connectivity index (χ1v) is 8.16. The van der Waals surface area contributed by atoms with Crippen molar-refractivity contribution < 1.29 is 9.13 Å². The van der Waals surface area contributed by atoms with Crippen molar-refractivity contribution in [2.24, 2.45) is 4.99 Å². The van der Waals surface area contributed by atoms with Gasteiger partial charge < -0.3 is 4.74 Å². The number of aliphatic imine (C=N–C) groups is 1. The summed E-state index contributed by atoms with van der Waals surface area (Å²) in [6.07, 6.45) is 1.75. The van der Waals surface area contributed by atoms with Gasteiger partial charge in [-0.3, -0.25) is 4.99 Å². The molecule has 0 aliphatic carbocycles. The van der Waals surface area contributed by atoms with Gasteiger partial charge in [-0.05, 0) is 72.1 Å². The number of hydrogen-bond acceptors (Lipinski definition) is 3. The van der Waals surface area contributed by atoms with Crippen LogP contribution in [-0.2, 0) is 6.61 Å². The molecule has 0 aliphatic heterocycles. The number of rotatable bonds is 5. The third kappa shape index (κ3) is 4.55. The van der Waals surface area contributed by atoms with Crippen LogP contribution in [-0.4, -0.2) is 6.21 Å². The fraction of sp³-hybridized carbons (Fsp3) is 0.0909. The molecule has 0 radical (unpaired) electrons. The van der Waals surface area contributed by atoms with Crippen molar-refractivity contribution in [3.63, 3.8) is 0 Å². The first kappa shape index (κ1) is 17.4. The number of nitrogens with zero attached hydrogens (tertiary/aromatic N) is 2. The first-order valence-electron chi connectivity index (χ1n) is 8.16. The molecule has 4 heteroatoms. The van der Waals surface area contributed by atoms with Crippen LogP contribution >= 0.6 is 0 Å². The molecule has 0 unspecified atom stereocenters. The second-order valence-electron chi connectivity index (χ2n) is 5.85. The minimum absolute atomic E-state index is 0.257. The highest BCUT2D eigenvalue weighted by molar-refractivity contribution is 5.82. The summed E-state index contributed by atoms with van der Waals surface area (Å²) in [7, 11) is 0. The van der Waals surface area contributed by atoms with Crippen LogP contribution in [0.5, 0.6) is 5.75 Å². The van der Waals surface area contributed by atoms with Crippen molar-refractivity contribution in [2.75, 3.05) is 0 Å². The van der Waals surface area contributed by atoms with E-state index in [1.165, 1.54) is 12.1 Å². The van der Waals surface area contributed by atoms with Crippen LogP contribution in [0.3, 0.4) is 0 Å². The van der Waals surface area contributed by atoms with E-state index in [0.29, 0.717) is 12.2 Å². The lowest BCUT2D eigenvalue weighted by Gasteiger charge is -2.06. The molecule has 3 nitrogen and oxygen atoms in total. The number of hydrogen-bond donors (Lipinski definition) is 0. The molecule has 26 heavy (non-hydrogen) atoms. The molecular weight excluding hydrogens is 327 g/mol. The minimum atomic E-state index is -0.257. The maximum absolute atomic E-state index is 12.9. The molecule has 0 saturated heterocycles. The number of halogens is 1. The van der Waals surface area contributed by atoms with Gasteiger partial charge in [0, 0.05) is 6.21 Å². The van der Waals surface area contributed by atoms with E-state index in [1.54, 1.807) is 24.4 Å². The third-order valence-corrected chi connectivity index (χ3v) is 3.90. The summed E-state index contributed by atoms with van der Waals surface area (Å²) >= 11 is 0. The smallest absolute Gasteiger partial charge is 0.123 e. The van der Waals surface area contributed by atoms with Crippen LogP contribution in [0, 0.1) is 24.1 Å². The SMILES string of the molecule is Cc1ccc(/N=C/c2ccc(OCc3ccc(F)cc3)cc2)cc1C#N. The highest BCUT2D eigenvalue weighted by atomic mass is 19.1. The second kappa shape index (κ2) is 8.09. The van der Waals surface area contributed by atoms with Gasteiger partial charge in [0.25, 0.3) is 0 Å². The zero-order chi connectivity index (χ0) is 18.4. The van der Waals surface area contributed by atoms with Crippen molar-refractivity contribution >= 4 is 11.9 Å². The van der Waals surface area contributed by atoms with Crippen LogP contribution in [0.4, 0.5) is 10.1 Å². The molecule has 0 fully saturated rings. The molecule has 128 valence electrons. The van der Waals surface area contributed by atoms with Crippen LogP contribution < -0.4 is 4.74 Å². The van der Waals surface area contributed by atoms with Gasteiger partial charge in [-0.25, -0.2) is 4.39 Å². The first-order chi connectivity index (χ1) is 12.6. The van der Waals surface area contributed by atoms with Gasteiger partial charge in [-0.15, -0.1) is 0 Å². The molecule has 3 aromatic carbocycles. The van der Waals surface area contributed by atoms with Crippen molar-refractivity contribution in [3.05, 3.63) is 94.8 Å². The Hall–Kier alpha value is -3.45.